The van der Waals surface area contributed by atoms with Gasteiger partial charge in [0.1, 0.15) is 10.7 Å². The van der Waals surface area contributed by atoms with Gasteiger partial charge in [-0.1, -0.05) is 11.6 Å². The Morgan fingerprint density at radius 2 is 2.31 bits per heavy atom. The van der Waals surface area contributed by atoms with Crippen LogP contribution < -0.4 is 0 Å². The number of halogens is 2. The topological polar surface area (TPSA) is 26.3 Å². The lowest BCUT2D eigenvalue weighted by molar-refractivity contribution is 0.0532. The SMILES string of the molecule is CCOC(=O)c1cc2c(Cl)c(F)ccc2s1. The van der Waals surface area contributed by atoms with E-state index in [1.54, 1.807) is 19.1 Å². The number of carbonyl (C=O) groups excluding carboxylic acids is 1. The molecule has 1 heterocycles. The summed E-state index contributed by atoms with van der Waals surface area (Å²) in [6, 6.07) is 4.45. The summed E-state index contributed by atoms with van der Waals surface area (Å²) in [7, 11) is 0. The molecule has 5 heteroatoms. The zero-order valence-corrected chi connectivity index (χ0v) is 9.99. The number of thiophene rings is 1. The molecule has 0 saturated heterocycles. The summed E-state index contributed by atoms with van der Waals surface area (Å²) in [5, 5.41) is 0.596. The van der Waals surface area contributed by atoms with Gasteiger partial charge in [-0.05, 0) is 25.1 Å². The van der Waals surface area contributed by atoms with Crippen molar-refractivity contribution in [2.45, 2.75) is 6.92 Å². The van der Waals surface area contributed by atoms with Crippen molar-refractivity contribution in [3.05, 3.63) is 33.9 Å². The third-order valence-electron chi connectivity index (χ3n) is 2.06. The summed E-state index contributed by atoms with van der Waals surface area (Å²) >= 11 is 7.04. The van der Waals surface area contributed by atoms with Crippen molar-refractivity contribution < 1.29 is 13.9 Å². The Bertz CT molecular complexity index is 550. The molecule has 1 aromatic heterocycles. The highest BCUT2D eigenvalue weighted by Crippen LogP contribution is 2.33. The first-order valence-electron chi connectivity index (χ1n) is 4.68. The molecule has 0 aliphatic rings. The monoisotopic (exact) mass is 258 g/mol. The maximum Gasteiger partial charge on any atom is 0.348 e. The van der Waals surface area contributed by atoms with Crippen LogP contribution in [0.15, 0.2) is 18.2 Å². The number of hydrogen-bond acceptors (Lipinski definition) is 3. The molecule has 0 amide bonds. The molecule has 1 aromatic carbocycles. The minimum absolute atomic E-state index is 0.0456. The van der Waals surface area contributed by atoms with Gasteiger partial charge in [0, 0.05) is 10.1 Å². The molecular formula is C11H8ClFO2S. The van der Waals surface area contributed by atoms with Gasteiger partial charge in [-0.25, -0.2) is 9.18 Å². The molecule has 0 N–H and O–H groups in total. The molecule has 0 aliphatic carbocycles. The summed E-state index contributed by atoms with van der Waals surface area (Å²) in [5.41, 5.74) is 0. The van der Waals surface area contributed by atoms with Gasteiger partial charge >= 0.3 is 5.97 Å². The van der Waals surface area contributed by atoms with E-state index in [4.69, 9.17) is 16.3 Å². The molecule has 0 aliphatic heterocycles. The third kappa shape index (κ3) is 1.90. The van der Waals surface area contributed by atoms with Crippen molar-refractivity contribution >= 4 is 39.0 Å². The second-order valence-electron chi connectivity index (χ2n) is 3.10. The smallest absolute Gasteiger partial charge is 0.348 e. The van der Waals surface area contributed by atoms with E-state index in [0.29, 0.717) is 16.9 Å². The molecule has 2 nitrogen and oxygen atoms in total. The zero-order chi connectivity index (χ0) is 11.7. The molecule has 0 saturated carbocycles. The number of rotatable bonds is 2. The number of hydrogen-bond donors (Lipinski definition) is 0. The Kier molecular flexibility index (Phi) is 3.12. The van der Waals surface area contributed by atoms with Gasteiger partial charge in [0.15, 0.2) is 0 Å². The van der Waals surface area contributed by atoms with Crippen molar-refractivity contribution in [1.82, 2.24) is 0 Å². The van der Waals surface area contributed by atoms with Gasteiger partial charge in [-0.2, -0.15) is 0 Å². The lowest BCUT2D eigenvalue weighted by Crippen LogP contribution is -2.01. The van der Waals surface area contributed by atoms with Crippen LogP contribution in [0.3, 0.4) is 0 Å². The van der Waals surface area contributed by atoms with Crippen LogP contribution in [0, 0.1) is 5.82 Å². The first kappa shape index (κ1) is 11.4. The van der Waals surface area contributed by atoms with E-state index >= 15 is 0 Å². The van der Waals surface area contributed by atoms with Crippen molar-refractivity contribution in [3.8, 4) is 0 Å². The van der Waals surface area contributed by atoms with Gasteiger partial charge in [0.2, 0.25) is 0 Å². The fourth-order valence-corrected chi connectivity index (χ4v) is 2.59. The number of benzene rings is 1. The van der Waals surface area contributed by atoms with E-state index in [1.807, 2.05) is 0 Å². The van der Waals surface area contributed by atoms with E-state index in [1.165, 1.54) is 17.4 Å². The fraction of sp³-hybridized carbons (Fsp3) is 0.182. The summed E-state index contributed by atoms with van der Waals surface area (Å²) in [4.78, 5) is 11.9. The van der Waals surface area contributed by atoms with Crippen LogP contribution in [-0.2, 0) is 4.74 Å². The van der Waals surface area contributed by atoms with Crippen molar-refractivity contribution in [2.24, 2.45) is 0 Å². The molecule has 0 fully saturated rings. The molecule has 0 spiro atoms. The third-order valence-corrected chi connectivity index (χ3v) is 3.53. The number of fused-ring (bicyclic) bond motifs is 1. The average molecular weight is 259 g/mol. The lowest BCUT2D eigenvalue weighted by atomic mass is 10.2. The Hall–Kier alpha value is -1.13. The summed E-state index contributed by atoms with van der Waals surface area (Å²) in [5.74, 6) is -0.887. The van der Waals surface area contributed by atoms with E-state index in [0.717, 1.165) is 4.70 Å². The minimum Gasteiger partial charge on any atom is -0.462 e. The highest BCUT2D eigenvalue weighted by molar-refractivity contribution is 7.20. The van der Waals surface area contributed by atoms with Crippen molar-refractivity contribution in [2.75, 3.05) is 6.61 Å². The van der Waals surface area contributed by atoms with Crippen LogP contribution in [0.5, 0.6) is 0 Å². The highest BCUT2D eigenvalue weighted by Gasteiger charge is 2.14. The Morgan fingerprint density at radius 3 is 3.00 bits per heavy atom. The quantitative estimate of drug-likeness (QED) is 0.765. The Morgan fingerprint density at radius 1 is 1.56 bits per heavy atom. The van der Waals surface area contributed by atoms with Gasteiger partial charge in [0.25, 0.3) is 0 Å². The zero-order valence-electron chi connectivity index (χ0n) is 8.42. The van der Waals surface area contributed by atoms with E-state index in [9.17, 15) is 9.18 Å². The van der Waals surface area contributed by atoms with Crippen molar-refractivity contribution in [3.63, 3.8) is 0 Å². The predicted molar refractivity (Wildman–Crippen MR) is 62.7 cm³/mol. The molecule has 0 radical (unpaired) electrons. The average Bonchev–Trinajstić information content (AvgIpc) is 2.69. The summed E-state index contributed by atoms with van der Waals surface area (Å²) < 4.78 is 18.8. The summed E-state index contributed by atoms with van der Waals surface area (Å²) in [6.45, 7) is 2.05. The first-order valence-corrected chi connectivity index (χ1v) is 5.87. The maximum absolute atomic E-state index is 13.2. The molecule has 84 valence electrons. The van der Waals surface area contributed by atoms with Gasteiger partial charge in [0.05, 0.1) is 11.6 Å². The van der Waals surface area contributed by atoms with Crippen LogP contribution in [0.25, 0.3) is 10.1 Å². The predicted octanol–water partition coefficient (Wildman–Crippen LogP) is 3.87. The second-order valence-corrected chi connectivity index (χ2v) is 4.57. The minimum atomic E-state index is -0.484. The van der Waals surface area contributed by atoms with Crippen LogP contribution >= 0.6 is 22.9 Å². The van der Waals surface area contributed by atoms with Gasteiger partial charge in [-0.15, -0.1) is 11.3 Å². The van der Waals surface area contributed by atoms with Crippen LogP contribution in [0.4, 0.5) is 4.39 Å². The number of ether oxygens (including phenoxy) is 1. The molecule has 2 aromatic rings. The molecule has 0 unspecified atom stereocenters. The lowest BCUT2D eigenvalue weighted by Gasteiger charge is -1.95. The van der Waals surface area contributed by atoms with Crippen LogP contribution in [0.2, 0.25) is 5.02 Å². The van der Waals surface area contributed by atoms with E-state index in [2.05, 4.69) is 0 Å². The number of esters is 1. The van der Waals surface area contributed by atoms with E-state index < -0.39 is 11.8 Å². The van der Waals surface area contributed by atoms with Crippen LogP contribution in [-0.4, -0.2) is 12.6 Å². The largest absolute Gasteiger partial charge is 0.462 e. The molecule has 0 atom stereocenters. The molecule has 2 rings (SSSR count). The van der Waals surface area contributed by atoms with Crippen LogP contribution in [0.1, 0.15) is 16.6 Å². The molecular weight excluding hydrogens is 251 g/mol. The number of carbonyl (C=O) groups is 1. The summed E-state index contributed by atoms with van der Waals surface area (Å²) in [6.07, 6.45) is 0. The van der Waals surface area contributed by atoms with Gasteiger partial charge < -0.3 is 4.74 Å². The van der Waals surface area contributed by atoms with Crippen molar-refractivity contribution in [1.29, 1.82) is 0 Å². The molecule has 16 heavy (non-hydrogen) atoms. The highest BCUT2D eigenvalue weighted by atomic mass is 35.5. The normalized spacial score (nSPS) is 10.7. The maximum atomic E-state index is 13.2. The molecule has 0 bridgehead atoms. The first-order chi connectivity index (χ1) is 7.63. The second kappa shape index (κ2) is 4.39. The van der Waals surface area contributed by atoms with E-state index in [-0.39, 0.29) is 5.02 Å². The standard InChI is InChI=1S/C11H8ClFO2S/c1-2-15-11(14)9-5-6-8(16-9)4-3-7(13)10(6)12/h3-5H,2H2,1H3. The van der Waals surface area contributed by atoms with Gasteiger partial charge in [-0.3, -0.25) is 0 Å². The Labute approximate surface area is 101 Å². The Balaban J connectivity index is 2.52. The fourth-order valence-electron chi connectivity index (χ4n) is 1.35.